The summed E-state index contributed by atoms with van der Waals surface area (Å²) < 4.78 is 5.41. The zero-order chi connectivity index (χ0) is 12.2. The monoisotopic (exact) mass is 245 g/mol. The highest BCUT2D eigenvalue weighted by Crippen LogP contribution is 2.22. The van der Waals surface area contributed by atoms with Crippen LogP contribution in [-0.2, 0) is 17.6 Å². The number of benzene rings is 1. The second-order valence-corrected chi connectivity index (χ2v) is 5.70. The van der Waals surface area contributed by atoms with Gasteiger partial charge in [-0.3, -0.25) is 0 Å². The van der Waals surface area contributed by atoms with E-state index in [0.29, 0.717) is 6.04 Å². The predicted octanol–water partition coefficient (Wildman–Crippen LogP) is 2.56. The maximum Gasteiger partial charge on any atom is 0.0495 e. The second kappa shape index (κ2) is 5.85. The molecule has 0 saturated carbocycles. The topological polar surface area (TPSA) is 21.3 Å². The minimum absolute atomic E-state index is 0.669. The van der Waals surface area contributed by atoms with Crippen molar-refractivity contribution in [2.24, 2.45) is 5.92 Å². The molecule has 1 saturated heterocycles. The number of fused-ring (bicyclic) bond motifs is 1. The van der Waals surface area contributed by atoms with E-state index in [0.717, 1.165) is 25.7 Å². The van der Waals surface area contributed by atoms with Crippen molar-refractivity contribution in [2.75, 3.05) is 19.8 Å². The third-order valence-corrected chi connectivity index (χ3v) is 4.30. The molecule has 0 aromatic heterocycles. The summed E-state index contributed by atoms with van der Waals surface area (Å²) in [6, 6.07) is 9.52. The Balaban J connectivity index is 1.35. The Kier molecular flexibility index (Phi) is 3.96. The van der Waals surface area contributed by atoms with Gasteiger partial charge < -0.3 is 10.1 Å². The van der Waals surface area contributed by atoms with Crippen LogP contribution in [0.4, 0.5) is 0 Å². The van der Waals surface area contributed by atoms with E-state index >= 15 is 0 Å². The van der Waals surface area contributed by atoms with Crippen LogP contribution in [0.2, 0.25) is 0 Å². The van der Waals surface area contributed by atoms with E-state index in [2.05, 4.69) is 29.6 Å². The lowest BCUT2D eigenvalue weighted by atomic mass is 10.0. The van der Waals surface area contributed by atoms with Crippen molar-refractivity contribution in [1.29, 1.82) is 0 Å². The van der Waals surface area contributed by atoms with E-state index in [4.69, 9.17) is 4.74 Å². The average molecular weight is 245 g/mol. The molecule has 0 spiro atoms. The molecule has 2 aliphatic rings. The molecule has 1 atom stereocenters. The lowest BCUT2D eigenvalue weighted by molar-refractivity contribution is 0.183. The van der Waals surface area contributed by atoms with Gasteiger partial charge in [0.15, 0.2) is 0 Å². The highest BCUT2D eigenvalue weighted by Gasteiger charge is 2.20. The Hall–Kier alpha value is -0.860. The largest absolute Gasteiger partial charge is 0.381 e. The molecular weight excluding hydrogens is 222 g/mol. The standard InChI is InChI=1S/C16H23NO/c1-2-6-15-11-16(10-14(15)5-1)17-8-3-4-13-7-9-18-12-13/h1-2,5-6,13,16-17H,3-4,7-12H2/t13-/m0/s1. The van der Waals surface area contributed by atoms with Crippen LogP contribution in [0.3, 0.4) is 0 Å². The predicted molar refractivity (Wildman–Crippen MR) is 73.8 cm³/mol. The first kappa shape index (κ1) is 12.2. The van der Waals surface area contributed by atoms with E-state index in [-0.39, 0.29) is 0 Å². The zero-order valence-corrected chi connectivity index (χ0v) is 11.0. The van der Waals surface area contributed by atoms with Crippen molar-refractivity contribution in [2.45, 2.75) is 38.1 Å². The van der Waals surface area contributed by atoms with Gasteiger partial charge in [-0.1, -0.05) is 24.3 Å². The maximum atomic E-state index is 5.41. The Morgan fingerprint density at radius 3 is 2.61 bits per heavy atom. The van der Waals surface area contributed by atoms with Crippen molar-refractivity contribution in [3.8, 4) is 0 Å². The molecule has 1 aliphatic carbocycles. The van der Waals surface area contributed by atoms with Gasteiger partial charge in [-0.05, 0) is 55.7 Å². The van der Waals surface area contributed by atoms with Crippen LogP contribution in [0.15, 0.2) is 24.3 Å². The summed E-state index contributed by atoms with van der Waals surface area (Å²) in [4.78, 5) is 0. The van der Waals surface area contributed by atoms with Gasteiger partial charge >= 0.3 is 0 Å². The minimum Gasteiger partial charge on any atom is -0.381 e. The molecule has 1 aliphatic heterocycles. The molecule has 2 nitrogen and oxygen atoms in total. The normalized spacial score (nSPS) is 23.4. The molecule has 2 heteroatoms. The maximum absolute atomic E-state index is 5.41. The number of hydrogen-bond acceptors (Lipinski definition) is 2. The SMILES string of the molecule is c1ccc2c(c1)CC(NCCC[C@H]1CCOC1)C2. The van der Waals surface area contributed by atoms with E-state index in [9.17, 15) is 0 Å². The lowest BCUT2D eigenvalue weighted by Gasteiger charge is -2.13. The van der Waals surface area contributed by atoms with Crippen LogP contribution in [0, 0.1) is 5.92 Å². The third kappa shape index (κ3) is 2.93. The Morgan fingerprint density at radius 2 is 1.94 bits per heavy atom. The minimum atomic E-state index is 0.669. The van der Waals surface area contributed by atoms with Gasteiger partial charge in [-0.2, -0.15) is 0 Å². The van der Waals surface area contributed by atoms with Crippen molar-refractivity contribution in [3.05, 3.63) is 35.4 Å². The van der Waals surface area contributed by atoms with E-state index in [1.807, 2.05) is 0 Å². The molecule has 0 amide bonds. The van der Waals surface area contributed by atoms with Crippen molar-refractivity contribution >= 4 is 0 Å². The third-order valence-electron chi connectivity index (χ3n) is 4.30. The van der Waals surface area contributed by atoms with Gasteiger partial charge in [0.1, 0.15) is 0 Å². The van der Waals surface area contributed by atoms with E-state index < -0.39 is 0 Å². The molecule has 18 heavy (non-hydrogen) atoms. The summed E-state index contributed by atoms with van der Waals surface area (Å²) in [6.45, 7) is 3.14. The molecule has 0 unspecified atom stereocenters. The fourth-order valence-electron chi connectivity index (χ4n) is 3.21. The first-order valence-electron chi connectivity index (χ1n) is 7.30. The van der Waals surface area contributed by atoms with Crippen LogP contribution in [-0.4, -0.2) is 25.8 Å². The smallest absolute Gasteiger partial charge is 0.0495 e. The van der Waals surface area contributed by atoms with Crippen LogP contribution in [0.25, 0.3) is 0 Å². The van der Waals surface area contributed by atoms with Crippen LogP contribution in [0.5, 0.6) is 0 Å². The van der Waals surface area contributed by atoms with Gasteiger partial charge in [-0.15, -0.1) is 0 Å². The molecule has 1 heterocycles. The average Bonchev–Trinajstić information content (AvgIpc) is 3.03. The van der Waals surface area contributed by atoms with Crippen molar-refractivity contribution in [1.82, 2.24) is 5.32 Å². The van der Waals surface area contributed by atoms with Crippen LogP contribution in [0.1, 0.15) is 30.4 Å². The summed E-state index contributed by atoms with van der Waals surface area (Å²) in [5.74, 6) is 0.826. The summed E-state index contributed by atoms with van der Waals surface area (Å²) in [6.07, 6.45) is 6.31. The second-order valence-electron chi connectivity index (χ2n) is 5.70. The Morgan fingerprint density at radius 1 is 1.17 bits per heavy atom. The van der Waals surface area contributed by atoms with Gasteiger partial charge in [0.2, 0.25) is 0 Å². The Bertz CT molecular complexity index is 359. The molecule has 1 aromatic carbocycles. The fraction of sp³-hybridized carbons (Fsp3) is 0.625. The summed E-state index contributed by atoms with van der Waals surface area (Å²) >= 11 is 0. The molecule has 0 bridgehead atoms. The van der Waals surface area contributed by atoms with Crippen molar-refractivity contribution in [3.63, 3.8) is 0 Å². The number of rotatable bonds is 5. The van der Waals surface area contributed by atoms with Gasteiger partial charge in [0.05, 0.1) is 0 Å². The summed E-state index contributed by atoms with van der Waals surface area (Å²) in [5.41, 5.74) is 3.08. The van der Waals surface area contributed by atoms with E-state index in [1.165, 1.54) is 32.1 Å². The number of hydrogen-bond donors (Lipinski definition) is 1. The van der Waals surface area contributed by atoms with Gasteiger partial charge in [0, 0.05) is 19.3 Å². The molecule has 3 rings (SSSR count). The van der Waals surface area contributed by atoms with Crippen molar-refractivity contribution < 1.29 is 4.74 Å². The van der Waals surface area contributed by atoms with Crippen LogP contribution >= 0.6 is 0 Å². The highest BCUT2D eigenvalue weighted by atomic mass is 16.5. The van der Waals surface area contributed by atoms with Gasteiger partial charge in [0.25, 0.3) is 0 Å². The molecule has 98 valence electrons. The van der Waals surface area contributed by atoms with Crippen LogP contribution < -0.4 is 5.32 Å². The van der Waals surface area contributed by atoms with E-state index in [1.54, 1.807) is 11.1 Å². The molecule has 0 radical (unpaired) electrons. The molecular formula is C16H23NO. The lowest BCUT2D eigenvalue weighted by Crippen LogP contribution is -2.30. The number of nitrogens with one attached hydrogen (secondary N) is 1. The zero-order valence-electron chi connectivity index (χ0n) is 11.0. The summed E-state index contributed by atoms with van der Waals surface area (Å²) in [5, 5.41) is 3.71. The molecule has 1 fully saturated rings. The molecule has 1 aromatic rings. The quantitative estimate of drug-likeness (QED) is 0.805. The number of ether oxygens (including phenoxy) is 1. The fourth-order valence-corrected chi connectivity index (χ4v) is 3.21. The molecule has 1 N–H and O–H groups in total. The van der Waals surface area contributed by atoms with Gasteiger partial charge in [-0.25, -0.2) is 0 Å². The summed E-state index contributed by atoms with van der Waals surface area (Å²) in [7, 11) is 0. The first-order valence-corrected chi connectivity index (χ1v) is 7.30. The first-order chi connectivity index (χ1) is 8.92. The Labute approximate surface area is 110 Å². The highest BCUT2D eigenvalue weighted by molar-refractivity contribution is 5.33.